The Labute approximate surface area is 177 Å². The predicted molar refractivity (Wildman–Crippen MR) is 110 cm³/mol. The average molecular weight is 446 g/mol. The molecule has 8 nitrogen and oxygen atoms in total. The van der Waals surface area contributed by atoms with Crippen LogP contribution < -0.4 is 15.6 Å². The van der Waals surface area contributed by atoms with Crippen molar-refractivity contribution in [3.8, 4) is 11.5 Å². The van der Waals surface area contributed by atoms with Crippen molar-refractivity contribution in [2.24, 2.45) is 0 Å². The van der Waals surface area contributed by atoms with E-state index in [-0.39, 0.29) is 21.2 Å². The maximum Gasteiger partial charge on any atom is 0.288 e. The number of nitrogens with one attached hydrogen (secondary N) is 2. The number of carbonyl (C=O) groups excluding carboxylic acids is 2. The van der Waals surface area contributed by atoms with Crippen LogP contribution >= 0.6 is 11.6 Å². The molecule has 0 aliphatic rings. The van der Waals surface area contributed by atoms with E-state index in [0.717, 1.165) is 6.26 Å². The summed E-state index contributed by atoms with van der Waals surface area (Å²) in [5, 5.41) is -0.0685. The molecular formula is C20H16ClN3O5S. The summed E-state index contributed by atoms with van der Waals surface area (Å²) < 4.78 is 28.7. The van der Waals surface area contributed by atoms with Crippen molar-refractivity contribution < 1.29 is 22.7 Å². The first-order valence-electron chi connectivity index (χ1n) is 8.53. The van der Waals surface area contributed by atoms with Gasteiger partial charge in [0.25, 0.3) is 11.8 Å². The zero-order valence-corrected chi connectivity index (χ0v) is 17.2. The van der Waals surface area contributed by atoms with Gasteiger partial charge in [-0.05, 0) is 36.4 Å². The number of ether oxygens (including phenoxy) is 1. The molecule has 3 aromatic rings. The topological polar surface area (TPSA) is 114 Å². The van der Waals surface area contributed by atoms with E-state index in [2.05, 4.69) is 15.8 Å². The van der Waals surface area contributed by atoms with Crippen LogP contribution in [0.25, 0.3) is 0 Å². The number of carbonyl (C=O) groups is 2. The van der Waals surface area contributed by atoms with Crippen LogP contribution in [0.4, 0.5) is 0 Å². The fourth-order valence-electron chi connectivity index (χ4n) is 2.38. The number of pyridine rings is 1. The van der Waals surface area contributed by atoms with Crippen LogP contribution in [0, 0.1) is 0 Å². The molecule has 0 saturated heterocycles. The second-order valence-corrected chi connectivity index (χ2v) is 8.54. The van der Waals surface area contributed by atoms with E-state index >= 15 is 0 Å². The Bertz CT molecular complexity index is 1200. The highest BCUT2D eigenvalue weighted by atomic mass is 35.5. The summed E-state index contributed by atoms with van der Waals surface area (Å²) in [5.41, 5.74) is 4.45. The Balaban J connectivity index is 1.66. The number of para-hydroxylation sites is 1. The number of hydrazine groups is 1. The zero-order valence-electron chi connectivity index (χ0n) is 15.6. The minimum absolute atomic E-state index is 0.00140. The summed E-state index contributed by atoms with van der Waals surface area (Å²) in [4.78, 5) is 28.5. The van der Waals surface area contributed by atoms with Gasteiger partial charge in [0.2, 0.25) is 0 Å². The number of aromatic nitrogens is 1. The second kappa shape index (κ2) is 8.93. The Morgan fingerprint density at radius 3 is 2.30 bits per heavy atom. The number of benzene rings is 2. The Hall–Kier alpha value is -3.43. The van der Waals surface area contributed by atoms with E-state index in [1.54, 1.807) is 18.2 Å². The lowest BCUT2D eigenvalue weighted by atomic mass is 10.2. The smallest absolute Gasteiger partial charge is 0.288 e. The van der Waals surface area contributed by atoms with Crippen LogP contribution in [0.5, 0.6) is 11.5 Å². The van der Waals surface area contributed by atoms with Gasteiger partial charge in [-0.1, -0.05) is 29.8 Å². The summed E-state index contributed by atoms with van der Waals surface area (Å²) in [7, 11) is -3.46. The highest BCUT2D eigenvalue weighted by Crippen LogP contribution is 2.22. The summed E-state index contributed by atoms with van der Waals surface area (Å²) in [6.45, 7) is 0. The molecule has 0 spiro atoms. The third kappa shape index (κ3) is 5.34. The Kier molecular flexibility index (Phi) is 6.34. The molecule has 0 saturated carbocycles. The average Bonchev–Trinajstić information content (AvgIpc) is 2.72. The van der Waals surface area contributed by atoms with Gasteiger partial charge in [0.1, 0.15) is 17.2 Å². The highest BCUT2D eigenvalue weighted by molar-refractivity contribution is 7.90. The maximum atomic E-state index is 12.3. The van der Waals surface area contributed by atoms with E-state index < -0.39 is 21.7 Å². The molecule has 1 aromatic heterocycles. The molecule has 2 aromatic carbocycles. The summed E-state index contributed by atoms with van der Waals surface area (Å²) in [6.07, 6.45) is 2.43. The van der Waals surface area contributed by atoms with Gasteiger partial charge in [0.15, 0.2) is 9.84 Å². The van der Waals surface area contributed by atoms with Crippen molar-refractivity contribution in [3.05, 3.63) is 83.1 Å². The van der Waals surface area contributed by atoms with Gasteiger partial charge in [-0.15, -0.1) is 0 Å². The molecule has 1 heterocycles. The summed E-state index contributed by atoms with van der Waals surface area (Å²) in [6, 6.07) is 15.7. The number of halogens is 1. The lowest BCUT2D eigenvalue weighted by molar-refractivity contribution is 0.0844. The van der Waals surface area contributed by atoms with Crippen molar-refractivity contribution in [1.29, 1.82) is 0 Å². The standard InChI is InChI=1S/C20H16ClN3O5S/c1-30(27,28)15-7-8-16(17(21)12-15)19(25)23-24-20(26)18-11-14(9-10-22-18)29-13-5-3-2-4-6-13/h2-12H,1H3,(H,23,25)(H,24,26). The molecule has 154 valence electrons. The van der Waals surface area contributed by atoms with Gasteiger partial charge in [-0.25, -0.2) is 8.42 Å². The molecule has 0 aliphatic heterocycles. The molecule has 10 heteroatoms. The van der Waals surface area contributed by atoms with Crippen LogP contribution in [0.1, 0.15) is 20.8 Å². The molecule has 3 rings (SSSR count). The Morgan fingerprint density at radius 2 is 1.63 bits per heavy atom. The zero-order chi connectivity index (χ0) is 21.7. The van der Waals surface area contributed by atoms with Crippen molar-refractivity contribution in [3.63, 3.8) is 0 Å². The first-order chi connectivity index (χ1) is 14.2. The van der Waals surface area contributed by atoms with Gasteiger partial charge < -0.3 is 4.74 Å². The van der Waals surface area contributed by atoms with Crippen LogP contribution in [0.3, 0.4) is 0 Å². The fourth-order valence-corrected chi connectivity index (χ4v) is 3.36. The quantitative estimate of drug-likeness (QED) is 0.583. The first-order valence-corrected chi connectivity index (χ1v) is 10.8. The summed E-state index contributed by atoms with van der Waals surface area (Å²) >= 11 is 5.99. The molecule has 30 heavy (non-hydrogen) atoms. The lowest BCUT2D eigenvalue weighted by Crippen LogP contribution is -2.42. The largest absolute Gasteiger partial charge is 0.457 e. The number of sulfone groups is 1. The molecule has 0 radical (unpaired) electrons. The van der Waals surface area contributed by atoms with Gasteiger partial charge in [-0.3, -0.25) is 25.4 Å². The molecule has 0 aliphatic carbocycles. The van der Waals surface area contributed by atoms with E-state index in [0.29, 0.717) is 11.5 Å². The minimum atomic E-state index is -3.46. The molecule has 0 atom stereocenters. The first kappa shape index (κ1) is 21.3. The van der Waals surface area contributed by atoms with E-state index in [1.807, 2.05) is 18.2 Å². The SMILES string of the molecule is CS(=O)(=O)c1ccc(C(=O)NNC(=O)c2cc(Oc3ccccc3)ccn2)c(Cl)c1. The third-order valence-corrected chi connectivity index (χ3v) is 5.27. The molecular weight excluding hydrogens is 430 g/mol. The number of hydrogen-bond donors (Lipinski definition) is 2. The van der Waals surface area contributed by atoms with Crippen LogP contribution in [-0.4, -0.2) is 31.5 Å². The van der Waals surface area contributed by atoms with Crippen molar-refractivity contribution in [2.45, 2.75) is 4.90 Å². The van der Waals surface area contributed by atoms with Gasteiger partial charge in [-0.2, -0.15) is 0 Å². The normalized spacial score (nSPS) is 10.9. The van der Waals surface area contributed by atoms with Gasteiger partial charge >= 0.3 is 0 Å². The fraction of sp³-hybridized carbons (Fsp3) is 0.0500. The number of hydrogen-bond acceptors (Lipinski definition) is 6. The van der Waals surface area contributed by atoms with Crippen LogP contribution in [0.2, 0.25) is 5.02 Å². The van der Waals surface area contributed by atoms with Gasteiger partial charge in [0, 0.05) is 18.5 Å². The summed E-state index contributed by atoms with van der Waals surface area (Å²) in [5.74, 6) is -0.404. The van der Waals surface area contributed by atoms with Crippen molar-refractivity contribution >= 4 is 33.3 Å². The second-order valence-electron chi connectivity index (χ2n) is 6.11. The highest BCUT2D eigenvalue weighted by Gasteiger charge is 2.16. The number of rotatable bonds is 5. The molecule has 0 fully saturated rings. The maximum absolute atomic E-state index is 12.3. The lowest BCUT2D eigenvalue weighted by Gasteiger charge is -2.10. The minimum Gasteiger partial charge on any atom is -0.457 e. The van der Waals surface area contributed by atoms with Crippen molar-refractivity contribution in [1.82, 2.24) is 15.8 Å². The van der Waals surface area contributed by atoms with Crippen molar-refractivity contribution in [2.75, 3.05) is 6.26 Å². The monoisotopic (exact) mass is 445 g/mol. The molecule has 0 unspecified atom stereocenters. The van der Waals surface area contributed by atoms with E-state index in [9.17, 15) is 18.0 Å². The number of amides is 2. The van der Waals surface area contributed by atoms with Crippen LogP contribution in [0.15, 0.2) is 71.8 Å². The third-order valence-electron chi connectivity index (χ3n) is 3.85. The van der Waals surface area contributed by atoms with Gasteiger partial charge in [0.05, 0.1) is 15.5 Å². The van der Waals surface area contributed by atoms with E-state index in [4.69, 9.17) is 16.3 Å². The number of nitrogens with zero attached hydrogens (tertiary/aromatic N) is 1. The molecule has 0 bridgehead atoms. The predicted octanol–water partition coefficient (Wildman–Crippen LogP) is 3.01. The molecule has 2 amide bonds. The Morgan fingerprint density at radius 1 is 0.933 bits per heavy atom. The molecule has 2 N–H and O–H groups in total. The van der Waals surface area contributed by atoms with Crippen LogP contribution in [-0.2, 0) is 9.84 Å². The van der Waals surface area contributed by atoms with E-state index in [1.165, 1.54) is 30.5 Å².